The molecule has 1 aromatic heterocycles. The molecule has 1 amide bonds. The van der Waals surface area contributed by atoms with Gasteiger partial charge in [-0.25, -0.2) is 10.2 Å². The number of methoxy groups -OCH3 is 1. The highest BCUT2D eigenvalue weighted by atomic mass is 35.5. The highest BCUT2D eigenvalue weighted by Crippen LogP contribution is 2.29. The molecule has 28 heavy (non-hydrogen) atoms. The Labute approximate surface area is 170 Å². The molecule has 0 unspecified atom stereocenters. The Morgan fingerprint density at radius 1 is 1.14 bits per heavy atom. The van der Waals surface area contributed by atoms with Crippen molar-refractivity contribution in [3.8, 4) is 11.3 Å². The highest BCUT2D eigenvalue weighted by Gasteiger charge is 2.12. The van der Waals surface area contributed by atoms with Gasteiger partial charge in [-0.3, -0.25) is 9.89 Å². The summed E-state index contributed by atoms with van der Waals surface area (Å²) >= 11 is 12.0. The van der Waals surface area contributed by atoms with E-state index < -0.39 is 11.9 Å². The molecule has 3 aromatic rings. The Bertz CT molecular complexity index is 1050. The zero-order chi connectivity index (χ0) is 20.1. The highest BCUT2D eigenvalue weighted by molar-refractivity contribution is 6.36. The van der Waals surface area contributed by atoms with Crippen LogP contribution in [0.4, 0.5) is 0 Å². The fourth-order valence-electron chi connectivity index (χ4n) is 2.32. The SMILES string of the molecule is COC(=O)c1ccc(C=NNC(=O)c2cc(-c3ccc(Cl)cc3Cl)n[nH]2)cc1. The second kappa shape index (κ2) is 8.69. The molecule has 9 heteroatoms. The van der Waals surface area contributed by atoms with Gasteiger partial charge < -0.3 is 4.74 Å². The van der Waals surface area contributed by atoms with Crippen LogP contribution in [0.1, 0.15) is 26.4 Å². The molecule has 0 radical (unpaired) electrons. The zero-order valence-electron chi connectivity index (χ0n) is 14.6. The number of esters is 1. The molecule has 0 atom stereocenters. The van der Waals surface area contributed by atoms with Gasteiger partial charge in [-0.2, -0.15) is 10.2 Å². The van der Waals surface area contributed by atoms with Gasteiger partial charge >= 0.3 is 5.97 Å². The second-order valence-electron chi connectivity index (χ2n) is 5.60. The van der Waals surface area contributed by atoms with Gasteiger partial charge in [0.2, 0.25) is 0 Å². The Hall–Kier alpha value is -3.16. The van der Waals surface area contributed by atoms with Crippen LogP contribution in [0.15, 0.2) is 53.6 Å². The number of H-pyrrole nitrogens is 1. The predicted octanol–water partition coefficient (Wildman–Crippen LogP) is 3.93. The average molecular weight is 417 g/mol. The Morgan fingerprint density at radius 3 is 2.57 bits per heavy atom. The lowest BCUT2D eigenvalue weighted by molar-refractivity contribution is 0.0600. The number of aromatic amines is 1. The van der Waals surface area contributed by atoms with Crippen LogP contribution in [0.2, 0.25) is 10.0 Å². The number of amides is 1. The summed E-state index contributed by atoms with van der Waals surface area (Å²) in [5.41, 5.74) is 4.90. The van der Waals surface area contributed by atoms with Crippen LogP contribution in [-0.2, 0) is 4.74 Å². The third-order valence-electron chi connectivity index (χ3n) is 3.74. The van der Waals surface area contributed by atoms with Gasteiger partial charge in [0.15, 0.2) is 0 Å². The van der Waals surface area contributed by atoms with E-state index in [1.54, 1.807) is 48.5 Å². The first-order valence-corrected chi connectivity index (χ1v) is 8.76. The standard InChI is InChI=1S/C19H14Cl2N4O3/c1-28-19(27)12-4-2-11(3-5-12)10-22-25-18(26)17-9-16(23-24-17)14-7-6-13(20)8-15(14)21/h2-10H,1H3,(H,23,24)(H,25,26). The van der Waals surface area contributed by atoms with Crippen molar-refractivity contribution in [2.75, 3.05) is 7.11 Å². The normalized spacial score (nSPS) is 10.8. The predicted molar refractivity (Wildman–Crippen MR) is 107 cm³/mol. The maximum absolute atomic E-state index is 12.2. The number of hydrazone groups is 1. The molecule has 0 spiro atoms. The van der Waals surface area contributed by atoms with E-state index >= 15 is 0 Å². The van der Waals surface area contributed by atoms with Crippen molar-refractivity contribution in [1.29, 1.82) is 0 Å². The minimum absolute atomic E-state index is 0.221. The van der Waals surface area contributed by atoms with E-state index in [-0.39, 0.29) is 5.69 Å². The zero-order valence-corrected chi connectivity index (χ0v) is 16.1. The number of carbonyl (C=O) groups is 2. The number of aromatic nitrogens is 2. The molecule has 1 heterocycles. The van der Waals surface area contributed by atoms with Crippen molar-refractivity contribution >= 4 is 41.3 Å². The van der Waals surface area contributed by atoms with Gasteiger partial charge in [-0.1, -0.05) is 35.3 Å². The molecule has 0 saturated carbocycles. The number of ether oxygens (including phenoxy) is 1. The quantitative estimate of drug-likeness (QED) is 0.374. The summed E-state index contributed by atoms with van der Waals surface area (Å²) in [5, 5.41) is 11.6. The van der Waals surface area contributed by atoms with Gasteiger partial charge in [0, 0.05) is 10.6 Å². The number of halogens is 2. The monoisotopic (exact) mass is 416 g/mol. The summed E-state index contributed by atoms with van der Waals surface area (Å²) < 4.78 is 4.63. The van der Waals surface area contributed by atoms with Crippen molar-refractivity contribution < 1.29 is 14.3 Å². The van der Waals surface area contributed by atoms with Crippen molar-refractivity contribution in [2.45, 2.75) is 0 Å². The van der Waals surface area contributed by atoms with E-state index in [2.05, 4.69) is 25.5 Å². The van der Waals surface area contributed by atoms with Gasteiger partial charge in [-0.15, -0.1) is 0 Å². The molecule has 2 N–H and O–H groups in total. The summed E-state index contributed by atoms with van der Waals surface area (Å²) in [6.45, 7) is 0. The molecular formula is C19H14Cl2N4O3. The first-order valence-electron chi connectivity index (χ1n) is 8.00. The van der Waals surface area contributed by atoms with Crippen LogP contribution in [0, 0.1) is 0 Å². The summed E-state index contributed by atoms with van der Waals surface area (Å²) in [4.78, 5) is 23.6. The van der Waals surface area contributed by atoms with Gasteiger partial charge in [-0.05, 0) is 42.0 Å². The molecule has 0 saturated heterocycles. The summed E-state index contributed by atoms with van der Waals surface area (Å²) in [5.74, 6) is -0.890. The van der Waals surface area contributed by atoms with Crippen LogP contribution in [0.25, 0.3) is 11.3 Å². The lowest BCUT2D eigenvalue weighted by Crippen LogP contribution is -2.18. The Morgan fingerprint density at radius 2 is 1.89 bits per heavy atom. The first kappa shape index (κ1) is 19.6. The van der Waals surface area contributed by atoms with E-state index in [9.17, 15) is 9.59 Å². The van der Waals surface area contributed by atoms with Crippen LogP contribution in [0.3, 0.4) is 0 Å². The molecular weight excluding hydrogens is 403 g/mol. The third-order valence-corrected chi connectivity index (χ3v) is 4.29. The number of nitrogens with zero attached hydrogens (tertiary/aromatic N) is 2. The first-order chi connectivity index (χ1) is 13.5. The lowest BCUT2D eigenvalue weighted by atomic mass is 10.1. The number of hydrogen-bond donors (Lipinski definition) is 2. The third kappa shape index (κ3) is 4.57. The molecule has 0 aliphatic carbocycles. The summed E-state index contributed by atoms with van der Waals surface area (Å²) in [6.07, 6.45) is 1.45. The van der Waals surface area contributed by atoms with E-state index in [1.165, 1.54) is 13.3 Å². The summed E-state index contributed by atoms with van der Waals surface area (Å²) in [7, 11) is 1.31. The number of carbonyl (C=O) groups excluding carboxylic acids is 2. The molecule has 7 nitrogen and oxygen atoms in total. The molecule has 3 rings (SSSR count). The maximum atomic E-state index is 12.2. The molecule has 0 fully saturated rings. The van der Waals surface area contributed by atoms with Gasteiger partial charge in [0.25, 0.3) is 5.91 Å². The van der Waals surface area contributed by atoms with E-state index in [0.29, 0.717) is 32.4 Å². The van der Waals surface area contributed by atoms with Crippen LogP contribution >= 0.6 is 23.2 Å². The lowest BCUT2D eigenvalue weighted by Gasteiger charge is -2.00. The molecule has 0 aliphatic heterocycles. The smallest absolute Gasteiger partial charge is 0.337 e. The molecule has 0 bridgehead atoms. The van der Waals surface area contributed by atoms with E-state index in [4.69, 9.17) is 23.2 Å². The van der Waals surface area contributed by atoms with E-state index in [0.717, 1.165) is 0 Å². The largest absolute Gasteiger partial charge is 0.465 e. The minimum atomic E-state index is -0.466. The summed E-state index contributed by atoms with van der Waals surface area (Å²) in [6, 6.07) is 13.1. The van der Waals surface area contributed by atoms with Gasteiger partial charge in [0.05, 0.1) is 29.6 Å². The number of hydrogen-bond acceptors (Lipinski definition) is 5. The fraction of sp³-hybridized carbons (Fsp3) is 0.0526. The molecule has 0 aliphatic rings. The number of nitrogens with one attached hydrogen (secondary N) is 2. The maximum Gasteiger partial charge on any atom is 0.337 e. The van der Waals surface area contributed by atoms with Crippen molar-refractivity contribution in [3.05, 3.63) is 75.4 Å². The molecule has 142 valence electrons. The van der Waals surface area contributed by atoms with Crippen molar-refractivity contribution in [3.63, 3.8) is 0 Å². The second-order valence-corrected chi connectivity index (χ2v) is 6.45. The average Bonchev–Trinajstić information content (AvgIpc) is 3.18. The molecule has 2 aromatic carbocycles. The van der Waals surface area contributed by atoms with Crippen molar-refractivity contribution in [1.82, 2.24) is 15.6 Å². The number of benzene rings is 2. The van der Waals surface area contributed by atoms with Crippen LogP contribution in [-0.4, -0.2) is 35.4 Å². The van der Waals surface area contributed by atoms with E-state index in [1.807, 2.05) is 0 Å². The van der Waals surface area contributed by atoms with Crippen LogP contribution < -0.4 is 5.43 Å². The fourth-order valence-corrected chi connectivity index (χ4v) is 2.83. The number of rotatable bonds is 5. The topological polar surface area (TPSA) is 96.4 Å². The van der Waals surface area contributed by atoms with Crippen molar-refractivity contribution in [2.24, 2.45) is 5.10 Å². The Kier molecular flexibility index (Phi) is 6.08. The van der Waals surface area contributed by atoms with Crippen LogP contribution in [0.5, 0.6) is 0 Å². The van der Waals surface area contributed by atoms with Gasteiger partial charge in [0.1, 0.15) is 5.69 Å². The minimum Gasteiger partial charge on any atom is -0.465 e. The Balaban J connectivity index is 1.64.